The molecular weight excluding hydrogens is 249 g/mol. The Balaban J connectivity index is 3.05. The molecule has 0 aliphatic carbocycles. The van der Waals surface area contributed by atoms with Gasteiger partial charge in [-0.3, -0.25) is 5.32 Å². The quantitative estimate of drug-likeness (QED) is 0.616. The van der Waals surface area contributed by atoms with Crippen LogP contribution in [-0.2, 0) is 6.18 Å². The topological polar surface area (TPSA) is 70.3 Å². The zero-order valence-electron chi connectivity index (χ0n) is 9.75. The molecule has 0 fully saturated rings. The van der Waals surface area contributed by atoms with Crippen molar-refractivity contribution >= 4 is 11.7 Å². The predicted molar refractivity (Wildman–Crippen MR) is 57.3 cm³/mol. The molecule has 0 aliphatic rings. The summed E-state index contributed by atoms with van der Waals surface area (Å²) in [6.45, 7) is 1.28. The van der Waals surface area contributed by atoms with Crippen LogP contribution in [0.2, 0.25) is 0 Å². The first-order chi connectivity index (χ1) is 8.27. The molecule has 0 heterocycles. The van der Waals surface area contributed by atoms with Gasteiger partial charge in [0.2, 0.25) is 0 Å². The number of amides is 2. The van der Waals surface area contributed by atoms with E-state index in [4.69, 9.17) is 5.53 Å². The normalized spacial score (nSPS) is 10.9. The van der Waals surface area contributed by atoms with Crippen molar-refractivity contribution in [1.29, 1.82) is 0 Å². The van der Waals surface area contributed by atoms with Gasteiger partial charge in [-0.15, -0.1) is 0 Å². The summed E-state index contributed by atoms with van der Waals surface area (Å²) >= 11 is 0. The molecule has 3 N–H and O–H groups in total. The van der Waals surface area contributed by atoms with Crippen molar-refractivity contribution in [1.82, 2.24) is 5.01 Å². The molecule has 0 saturated carbocycles. The van der Waals surface area contributed by atoms with Gasteiger partial charge in [0.15, 0.2) is 0 Å². The van der Waals surface area contributed by atoms with Crippen LogP contribution in [0.15, 0.2) is 23.4 Å². The molecule has 5 nitrogen and oxygen atoms in total. The average molecular weight is 261 g/mol. The number of carbonyl (C=O) groups is 1. The van der Waals surface area contributed by atoms with E-state index < -0.39 is 17.8 Å². The number of rotatable bonds is 2. The van der Waals surface area contributed by atoms with Gasteiger partial charge in [-0.05, 0) is 24.6 Å². The van der Waals surface area contributed by atoms with Crippen molar-refractivity contribution in [3.8, 4) is 0 Å². The van der Waals surface area contributed by atoms with Gasteiger partial charge in [0.25, 0.3) is 0 Å². The van der Waals surface area contributed by atoms with Crippen molar-refractivity contribution < 1.29 is 23.5 Å². The molecule has 0 atom stereocenters. The number of hydrogen-bond acceptors (Lipinski definition) is 2. The lowest BCUT2D eigenvalue weighted by Gasteiger charge is -2.14. The molecule has 2 amide bonds. The number of nitrogens with zero attached hydrogens (tertiary/aromatic N) is 2. The lowest BCUT2D eigenvalue weighted by Crippen LogP contribution is -2.37. The van der Waals surface area contributed by atoms with Crippen LogP contribution in [0.1, 0.15) is 11.1 Å². The van der Waals surface area contributed by atoms with Gasteiger partial charge in [-0.2, -0.15) is 18.7 Å². The van der Waals surface area contributed by atoms with Gasteiger partial charge in [0.05, 0.1) is 10.8 Å². The Kier molecular flexibility index (Phi) is 3.89. The molecule has 0 bridgehead atoms. The summed E-state index contributed by atoms with van der Waals surface area (Å²) < 4.78 is 37.9. The fourth-order valence-corrected chi connectivity index (χ4v) is 1.33. The molecule has 18 heavy (non-hydrogen) atoms. The second-order valence-corrected chi connectivity index (χ2v) is 3.55. The average Bonchev–Trinajstić information content (AvgIpc) is 2.29. The van der Waals surface area contributed by atoms with E-state index in [-0.39, 0.29) is 11.3 Å². The maximum Gasteiger partial charge on any atom is 0.433 e. The van der Waals surface area contributed by atoms with Crippen LogP contribution in [0.4, 0.5) is 23.7 Å². The lowest BCUT2D eigenvalue weighted by molar-refractivity contribution is -0.248. The third-order valence-electron chi connectivity index (χ3n) is 2.35. The second kappa shape index (κ2) is 5.03. The highest BCUT2D eigenvalue weighted by atomic mass is 19.4. The largest absolute Gasteiger partial charge is 0.433 e. The van der Waals surface area contributed by atoms with Crippen molar-refractivity contribution in [2.75, 3.05) is 12.4 Å². The van der Waals surface area contributed by atoms with Gasteiger partial charge < -0.3 is 0 Å². The van der Waals surface area contributed by atoms with E-state index in [0.29, 0.717) is 0 Å². The molecule has 0 saturated heterocycles. The van der Waals surface area contributed by atoms with Crippen LogP contribution in [0.5, 0.6) is 0 Å². The minimum absolute atomic E-state index is 0.0605. The highest BCUT2D eigenvalue weighted by Crippen LogP contribution is 2.34. The fraction of sp³-hybridized carbons (Fsp3) is 0.300. The highest BCUT2D eigenvalue weighted by molar-refractivity contribution is 5.89. The summed E-state index contributed by atoms with van der Waals surface area (Å²) in [5.41, 5.74) is 4.07. The first kappa shape index (κ1) is 13.9. The summed E-state index contributed by atoms with van der Waals surface area (Å²) in [5.74, 6) is 0. The Morgan fingerprint density at radius 2 is 2.06 bits per heavy atom. The molecule has 1 aromatic carbocycles. The number of hydrogen-bond donors (Lipinski definition) is 2. The van der Waals surface area contributed by atoms with E-state index in [2.05, 4.69) is 10.5 Å². The number of alkyl halides is 3. The third-order valence-corrected chi connectivity index (χ3v) is 2.35. The zero-order valence-corrected chi connectivity index (χ0v) is 9.75. The number of benzene rings is 1. The number of nitrogens with one attached hydrogen (secondary N) is 1. The Hall–Kier alpha value is -2.12. The number of anilines is 1. The van der Waals surface area contributed by atoms with E-state index in [0.717, 1.165) is 11.1 Å². The van der Waals surface area contributed by atoms with E-state index in [1.807, 2.05) is 0 Å². The molecule has 0 radical (unpaired) electrons. The van der Waals surface area contributed by atoms with Crippen LogP contribution in [0, 0.1) is 6.92 Å². The zero-order chi connectivity index (χ0) is 13.9. The first-order valence-corrected chi connectivity index (χ1v) is 4.89. The van der Waals surface area contributed by atoms with Crippen LogP contribution >= 0.6 is 0 Å². The Morgan fingerprint density at radius 3 is 2.56 bits per heavy atom. The molecule has 98 valence electrons. The van der Waals surface area contributed by atoms with Gasteiger partial charge in [0, 0.05) is 5.69 Å². The standard InChI is InChI=1S/C10H11F3N4O/c1-6-7(10(11,12)13)4-3-5-8(6)15-9(18)17(2)16-14/h3-5,14H,1-2H3,(H,15,18)/p+1. The highest BCUT2D eigenvalue weighted by Gasteiger charge is 2.33. The summed E-state index contributed by atoms with van der Waals surface area (Å²) in [5, 5.41) is 6.15. The molecule has 0 aromatic heterocycles. The van der Waals surface area contributed by atoms with Crippen LogP contribution < -0.4 is 10.8 Å². The van der Waals surface area contributed by atoms with Crippen molar-refractivity contribution in [3.63, 3.8) is 0 Å². The van der Waals surface area contributed by atoms with Gasteiger partial charge >= 0.3 is 12.2 Å². The molecule has 1 rings (SSSR count). The van der Waals surface area contributed by atoms with E-state index in [9.17, 15) is 18.0 Å². The minimum atomic E-state index is -4.46. The molecule has 0 spiro atoms. The summed E-state index contributed by atoms with van der Waals surface area (Å²) in [4.78, 5) is 11.4. The molecule has 0 aliphatic heterocycles. The maximum atomic E-state index is 12.6. The minimum Gasteiger partial charge on any atom is -0.286 e. The SMILES string of the molecule is Cc1c(NC(=O)N(C)N=[NH2+])cccc1C(F)(F)F. The smallest absolute Gasteiger partial charge is 0.286 e. The summed E-state index contributed by atoms with van der Waals surface area (Å²) in [7, 11) is 1.28. The summed E-state index contributed by atoms with van der Waals surface area (Å²) in [6.07, 6.45) is -4.46. The van der Waals surface area contributed by atoms with E-state index in [1.165, 1.54) is 26.1 Å². The molecule has 1 aromatic rings. The van der Waals surface area contributed by atoms with Crippen molar-refractivity contribution in [3.05, 3.63) is 29.3 Å². The van der Waals surface area contributed by atoms with Crippen LogP contribution in [0.25, 0.3) is 0 Å². The maximum absolute atomic E-state index is 12.6. The lowest BCUT2D eigenvalue weighted by atomic mass is 10.1. The van der Waals surface area contributed by atoms with Crippen LogP contribution in [0.3, 0.4) is 0 Å². The van der Waals surface area contributed by atoms with E-state index >= 15 is 0 Å². The second-order valence-electron chi connectivity index (χ2n) is 3.55. The molecule has 8 heteroatoms. The number of halogens is 3. The fourth-order valence-electron chi connectivity index (χ4n) is 1.33. The predicted octanol–water partition coefficient (Wildman–Crippen LogP) is 1.60. The van der Waals surface area contributed by atoms with Gasteiger partial charge in [-0.25, -0.2) is 4.79 Å². The van der Waals surface area contributed by atoms with Gasteiger partial charge in [-0.1, -0.05) is 11.1 Å². The Morgan fingerprint density at radius 1 is 1.44 bits per heavy atom. The molecule has 0 unspecified atom stereocenters. The number of carbonyl (C=O) groups excluding carboxylic acids is 1. The van der Waals surface area contributed by atoms with Crippen LogP contribution in [-0.4, -0.2) is 18.1 Å². The number of nitrogens with two attached hydrogens (primary N) is 1. The Labute approximate surface area is 101 Å². The third kappa shape index (κ3) is 2.96. The Bertz CT molecular complexity index is 473. The van der Waals surface area contributed by atoms with E-state index in [1.54, 1.807) is 0 Å². The van der Waals surface area contributed by atoms with Crippen molar-refractivity contribution in [2.24, 2.45) is 5.22 Å². The molecular formula is C10H12F3N4O+. The van der Waals surface area contributed by atoms with Gasteiger partial charge in [0.1, 0.15) is 7.05 Å². The first-order valence-electron chi connectivity index (χ1n) is 4.89. The van der Waals surface area contributed by atoms with Crippen molar-refractivity contribution in [2.45, 2.75) is 13.1 Å². The summed E-state index contributed by atoms with van der Waals surface area (Å²) in [6, 6.07) is 2.81. The monoisotopic (exact) mass is 261 g/mol. The number of urea groups is 1.